The van der Waals surface area contributed by atoms with Crippen LogP contribution in [0.2, 0.25) is 5.02 Å². The summed E-state index contributed by atoms with van der Waals surface area (Å²) in [4.78, 5) is 0. The topological polar surface area (TPSA) is 9.23 Å². The molecule has 0 bridgehead atoms. The van der Waals surface area contributed by atoms with Crippen molar-refractivity contribution in [2.75, 3.05) is 7.11 Å². The van der Waals surface area contributed by atoms with Gasteiger partial charge in [-0.2, -0.15) is 0 Å². The molecule has 2 aromatic rings. The highest BCUT2D eigenvalue weighted by atomic mass is 35.5. The maximum atomic E-state index is 6.39. The average Bonchev–Trinajstić information content (AvgIpc) is 2.40. The predicted molar refractivity (Wildman–Crippen MR) is 76.7 cm³/mol. The van der Waals surface area contributed by atoms with Crippen LogP contribution in [0.25, 0.3) is 0 Å². The molecule has 2 aromatic carbocycles. The summed E-state index contributed by atoms with van der Waals surface area (Å²) in [5.74, 6) is 0.858. The van der Waals surface area contributed by atoms with E-state index in [2.05, 4.69) is 0 Å². The molecule has 0 aromatic heterocycles. The van der Waals surface area contributed by atoms with Gasteiger partial charge in [0.05, 0.1) is 12.5 Å². The third kappa shape index (κ3) is 3.41. The molecule has 0 heterocycles. The number of ether oxygens (including phenoxy) is 1. The van der Waals surface area contributed by atoms with E-state index in [0.717, 1.165) is 22.8 Å². The molecule has 2 rings (SSSR count). The van der Waals surface area contributed by atoms with E-state index in [0.29, 0.717) is 0 Å². The number of rotatable bonds is 4. The highest BCUT2D eigenvalue weighted by Gasteiger charge is 2.08. The molecule has 0 saturated carbocycles. The molecule has 1 unspecified atom stereocenters. The van der Waals surface area contributed by atoms with Crippen molar-refractivity contribution in [1.29, 1.82) is 0 Å². The van der Waals surface area contributed by atoms with E-state index in [1.165, 1.54) is 5.56 Å². The molecule has 1 nitrogen and oxygen atoms in total. The number of benzene rings is 2. The molecule has 18 heavy (non-hydrogen) atoms. The first-order chi connectivity index (χ1) is 8.69. The Bertz CT molecular complexity index is 491. The Kier molecular flexibility index (Phi) is 4.51. The van der Waals surface area contributed by atoms with E-state index in [-0.39, 0.29) is 5.38 Å². The zero-order valence-electron chi connectivity index (χ0n) is 10.1. The summed E-state index contributed by atoms with van der Waals surface area (Å²) in [6, 6.07) is 15.6. The van der Waals surface area contributed by atoms with Crippen molar-refractivity contribution >= 4 is 23.2 Å². The minimum absolute atomic E-state index is 0.0457. The lowest BCUT2D eigenvalue weighted by Gasteiger charge is -2.10. The summed E-state index contributed by atoms with van der Waals surface area (Å²) in [7, 11) is 1.66. The Balaban J connectivity index is 2.05. The minimum atomic E-state index is -0.0457. The van der Waals surface area contributed by atoms with Gasteiger partial charge >= 0.3 is 0 Å². The summed E-state index contributed by atoms with van der Waals surface area (Å²) in [6.45, 7) is 0. The summed E-state index contributed by atoms with van der Waals surface area (Å²) in [6.07, 6.45) is 0.785. The van der Waals surface area contributed by atoms with Gasteiger partial charge in [-0.05, 0) is 41.8 Å². The first kappa shape index (κ1) is 13.3. The molecular weight excluding hydrogens is 267 g/mol. The Morgan fingerprint density at radius 2 is 1.61 bits per heavy atom. The van der Waals surface area contributed by atoms with Crippen molar-refractivity contribution in [3.63, 3.8) is 0 Å². The van der Waals surface area contributed by atoms with E-state index < -0.39 is 0 Å². The van der Waals surface area contributed by atoms with Crippen molar-refractivity contribution < 1.29 is 4.74 Å². The van der Waals surface area contributed by atoms with Gasteiger partial charge < -0.3 is 4.74 Å². The molecule has 0 saturated heterocycles. The van der Waals surface area contributed by atoms with Crippen molar-refractivity contribution in [3.8, 4) is 5.75 Å². The van der Waals surface area contributed by atoms with Crippen molar-refractivity contribution in [2.24, 2.45) is 0 Å². The molecule has 1 atom stereocenters. The number of halogens is 2. The van der Waals surface area contributed by atoms with Crippen LogP contribution in [0, 0.1) is 0 Å². The maximum absolute atomic E-state index is 6.39. The van der Waals surface area contributed by atoms with Gasteiger partial charge in [-0.3, -0.25) is 0 Å². The molecule has 0 radical (unpaired) electrons. The predicted octanol–water partition coefficient (Wildman–Crippen LogP) is 4.87. The molecule has 3 heteroatoms. The van der Waals surface area contributed by atoms with Crippen LogP contribution in [0.3, 0.4) is 0 Å². The highest BCUT2D eigenvalue weighted by molar-refractivity contribution is 6.30. The largest absolute Gasteiger partial charge is 0.497 e. The molecule has 0 aliphatic carbocycles. The molecular formula is C15H14Cl2O. The summed E-state index contributed by atoms with van der Waals surface area (Å²) < 4.78 is 5.12. The molecule has 0 N–H and O–H groups in total. The van der Waals surface area contributed by atoms with E-state index in [1.54, 1.807) is 7.11 Å². The highest BCUT2D eigenvalue weighted by Crippen LogP contribution is 2.26. The van der Waals surface area contributed by atoms with Crippen LogP contribution in [0.5, 0.6) is 5.75 Å². The van der Waals surface area contributed by atoms with Crippen molar-refractivity contribution in [1.82, 2.24) is 0 Å². The molecule has 0 fully saturated rings. The van der Waals surface area contributed by atoms with Crippen LogP contribution in [0.4, 0.5) is 0 Å². The summed E-state index contributed by atoms with van der Waals surface area (Å²) >= 11 is 12.2. The normalized spacial score (nSPS) is 12.2. The van der Waals surface area contributed by atoms with Crippen LogP contribution < -0.4 is 4.74 Å². The van der Waals surface area contributed by atoms with Crippen LogP contribution in [0.1, 0.15) is 16.5 Å². The van der Waals surface area contributed by atoms with Crippen molar-refractivity contribution in [2.45, 2.75) is 11.8 Å². The molecule has 94 valence electrons. The molecule has 0 amide bonds. The SMILES string of the molecule is COc1ccc(CC(Cl)c2ccc(Cl)cc2)cc1. The van der Waals surface area contributed by atoms with Crippen molar-refractivity contribution in [3.05, 3.63) is 64.7 Å². The van der Waals surface area contributed by atoms with E-state index in [1.807, 2.05) is 48.5 Å². The lowest BCUT2D eigenvalue weighted by Crippen LogP contribution is -1.95. The van der Waals surface area contributed by atoms with Gasteiger partial charge in [0.1, 0.15) is 5.75 Å². The second kappa shape index (κ2) is 6.12. The lowest BCUT2D eigenvalue weighted by atomic mass is 10.0. The Labute approximate surface area is 117 Å². The van der Waals surface area contributed by atoms with Crippen LogP contribution in [0.15, 0.2) is 48.5 Å². The average molecular weight is 281 g/mol. The smallest absolute Gasteiger partial charge is 0.118 e. The fraction of sp³-hybridized carbons (Fsp3) is 0.200. The van der Waals surface area contributed by atoms with E-state index in [9.17, 15) is 0 Å². The monoisotopic (exact) mass is 280 g/mol. The van der Waals surface area contributed by atoms with E-state index in [4.69, 9.17) is 27.9 Å². The number of hydrogen-bond donors (Lipinski definition) is 0. The summed E-state index contributed by atoms with van der Waals surface area (Å²) in [5.41, 5.74) is 2.27. The second-order valence-corrected chi connectivity index (χ2v) is 5.03. The number of hydrogen-bond acceptors (Lipinski definition) is 1. The molecule has 0 aliphatic heterocycles. The standard InChI is InChI=1S/C15H14Cl2O/c1-18-14-8-2-11(3-9-14)10-15(17)12-4-6-13(16)7-5-12/h2-9,15H,10H2,1H3. The van der Waals surface area contributed by atoms with Gasteiger partial charge in [0.2, 0.25) is 0 Å². The summed E-state index contributed by atoms with van der Waals surface area (Å²) in [5, 5.41) is 0.683. The van der Waals surface area contributed by atoms with Crippen LogP contribution in [-0.2, 0) is 6.42 Å². The fourth-order valence-electron chi connectivity index (χ4n) is 1.76. The van der Waals surface area contributed by atoms with Gasteiger partial charge in [-0.1, -0.05) is 35.9 Å². The fourth-order valence-corrected chi connectivity index (χ4v) is 2.21. The van der Waals surface area contributed by atoms with Crippen LogP contribution >= 0.6 is 23.2 Å². The van der Waals surface area contributed by atoms with Gasteiger partial charge in [-0.25, -0.2) is 0 Å². The first-order valence-corrected chi connectivity index (χ1v) is 6.53. The van der Waals surface area contributed by atoms with Crippen LogP contribution in [-0.4, -0.2) is 7.11 Å². The van der Waals surface area contributed by atoms with Gasteiger partial charge in [-0.15, -0.1) is 11.6 Å². The zero-order chi connectivity index (χ0) is 13.0. The third-order valence-electron chi connectivity index (χ3n) is 2.81. The molecule has 0 spiro atoms. The first-order valence-electron chi connectivity index (χ1n) is 5.71. The zero-order valence-corrected chi connectivity index (χ0v) is 11.6. The minimum Gasteiger partial charge on any atom is -0.497 e. The Morgan fingerprint density at radius 3 is 2.17 bits per heavy atom. The maximum Gasteiger partial charge on any atom is 0.118 e. The number of alkyl halides is 1. The second-order valence-electron chi connectivity index (χ2n) is 4.07. The number of methoxy groups -OCH3 is 1. The molecule has 0 aliphatic rings. The van der Waals surface area contributed by atoms with E-state index >= 15 is 0 Å². The Morgan fingerprint density at radius 1 is 1.00 bits per heavy atom. The quantitative estimate of drug-likeness (QED) is 0.726. The van der Waals surface area contributed by atoms with Gasteiger partial charge in [0.25, 0.3) is 0 Å². The lowest BCUT2D eigenvalue weighted by molar-refractivity contribution is 0.414. The van der Waals surface area contributed by atoms with Gasteiger partial charge in [0, 0.05) is 5.02 Å². The third-order valence-corrected chi connectivity index (χ3v) is 3.46. The van der Waals surface area contributed by atoms with Gasteiger partial charge in [0.15, 0.2) is 0 Å². The Hall–Kier alpha value is -1.18.